The maximum atomic E-state index is 5.90. The van der Waals surface area contributed by atoms with E-state index in [0.717, 1.165) is 16.6 Å². The van der Waals surface area contributed by atoms with Gasteiger partial charge in [0.1, 0.15) is 18.0 Å². The molecule has 1 fully saturated rings. The zero-order chi connectivity index (χ0) is 12.4. The Morgan fingerprint density at radius 3 is 2.82 bits per heavy atom. The largest absolute Gasteiger partial charge is 0.486 e. The average Bonchev–Trinajstić information content (AvgIpc) is 2.26. The quantitative estimate of drug-likeness (QED) is 0.925. The predicted molar refractivity (Wildman–Crippen MR) is 71.8 cm³/mol. The Morgan fingerprint density at radius 2 is 2.24 bits per heavy atom. The van der Waals surface area contributed by atoms with Gasteiger partial charge in [-0.15, -0.1) is 0 Å². The summed E-state index contributed by atoms with van der Waals surface area (Å²) >= 11 is 9.32. The first-order valence-corrected chi connectivity index (χ1v) is 6.64. The van der Waals surface area contributed by atoms with Crippen LogP contribution in [0.3, 0.4) is 0 Å². The van der Waals surface area contributed by atoms with Crippen molar-refractivity contribution in [3.05, 3.63) is 27.7 Å². The molecule has 17 heavy (non-hydrogen) atoms. The third-order valence-corrected chi connectivity index (χ3v) is 3.92. The SMILES string of the molecule is CNC1CC(Oc2ccc(Cl)cc2Br)C1OC. The highest BCUT2D eigenvalue weighted by Crippen LogP contribution is 2.33. The molecule has 0 saturated heterocycles. The second-order valence-corrected chi connectivity index (χ2v) is 5.35. The standard InChI is InChI=1S/C12H15BrClNO2/c1-15-9-6-11(12(9)16-2)17-10-4-3-7(14)5-8(10)13/h3-5,9,11-12,15H,6H2,1-2H3. The van der Waals surface area contributed by atoms with Crippen LogP contribution in [-0.4, -0.2) is 32.4 Å². The number of ether oxygens (including phenoxy) is 2. The molecule has 94 valence electrons. The van der Waals surface area contributed by atoms with Crippen molar-refractivity contribution in [3.8, 4) is 5.75 Å². The lowest BCUT2D eigenvalue weighted by atomic mass is 9.85. The summed E-state index contributed by atoms with van der Waals surface area (Å²) in [5.41, 5.74) is 0. The van der Waals surface area contributed by atoms with Gasteiger partial charge in [-0.05, 0) is 41.2 Å². The Bertz CT molecular complexity index is 402. The first-order valence-electron chi connectivity index (χ1n) is 5.47. The predicted octanol–water partition coefficient (Wildman–Crippen LogP) is 2.86. The van der Waals surface area contributed by atoms with Gasteiger partial charge in [-0.1, -0.05) is 11.6 Å². The van der Waals surface area contributed by atoms with E-state index in [0.29, 0.717) is 11.1 Å². The highest BCUT2D eigenvalue weighted by molar-refractivity contribution is 9.10. The third kappa shape index (κ3) is 2.76. The zero-order valence-electron chi connectivity index (χ0n) is 9.74. The molecule has 3 nitrogen and oxygen atoms in total. The summed E-state index contributed by atoms with van der Waals surface area (Å²) in [6, 6.07) is 5.88. The second kappa shape index (κ2) is 5.57. The van der Waals surface area contributed by atoms with Crippen molar-refractivity contribution in [3.63, 3.8) is 0 Å². The average molecular weight is 321 g/mol. The molecule has 0 radical (unpaired) electrons. The number of nitrogens with one attached hydrogen (secondary N) is 1. The Hall–Kier alpha value is -0.290. The Morgan fingerprint density at radius 1 is 1.47 bits per heavy atom. The van der Waals surface area contributed by atoms with Crippen molar-refractivity contribution >= 4 is 27.5 Å². The minimum atomic E-state index is 0.0925. The van der Waals surface area contributed by atoms with Crippen LogP contribution in [-0.2, 0) is 4.74 Å². The van der Waals surface area contributed by atoms with Crippen molar-refractivity contribution in [1.29, 1.82) is 0 Å². The summed E-state index contributed by atoms with van der Waals surface area (Å²) in [6.45, 7) is 0. The lowest BCUT2D eigenvalue weighted by molar-refractivity contribution is -0.0872. The molecule has 0 amide bonds. The molecule has 0 aromatic heterocycles. The number of hydrogen-bond acceptors (Lipinski definition) is 3. The van der Waals surface area contributed by atoms with Gasteiger partial charge in [0.15, 0.2) is 0 Å². The van der Waals surface area contributed by atoms with Gasteiger partial charge in [0.2, 0.25) is 0 Å². The molecule has 1 aromatic carbocycles. The van der Waals surface area contributed by atoms with Crippen LogP contribution >= 0.6 is 27.5 Å². The Balaban J connectivity index is 2.02. The third-order valence-electron chi connectivity index (χ3n) is 3.06. The van der Waals surface area contributed by atoms with Crippen molar-refractivity contribution in [2.45, 2.75) is 24.7 Å². The number of rotatable bonds is 4. The molecular weight excluding hydrogens is 305 g/mol. The van der Waals surface area contributed by atoms with Gasteiger partial charge in [-0.25, -0.2) is 0 Å². The van der Waals surface area contributed by atoms with Crippen LogP contribution < -0.4 is 10.1 Å². The summed E-state index contributed by atoms with van der Waals surface area (Å²) in [7, 11) is 3.65. The van der Waals surface area contributed by atoms with Crippen LogP contribution in [0.4, 0.5) is 0 Å². The van der Waals surface area contributed by atoms with Gasteiger partial charge in [0, 0.05) is 24.6 Å². The van der Waals surface area contributed by atoms with Crippen LogP contribution in [0.1, 0.15) is 6.42 Å². The lowest BCUT2D eigenvalue weighted by Crippen LogP contribution is -2.60. The molecule has 3 atom stereocenters. The van der Waals surface area contributed by atoms with Gasteiger partial charge in [0.05, 0.1) is 4.47 Å². The van der Waals surface area contributed by atoms with Crippen LogP contribution in [0.15, 0.2) is 22.7 Å². The van der Waals surface area contributed by atoms with Crippen molar-refractivity contribution in [1.82, 2.24) is 5.32 Å². The van der Waals surface area contributed by atoms with Crippen molar-refractivity contribution in [2.24, 2.45) is 0 Å². The maximum Gasteiger partial charge on any atom is 0.134 e. The molecule has 1 aliphatic carbocycles. The Kier molecular flexibility index (Phi) is 4.31. The van der Waals surface area contributed by atoms with Gasteiger partial charge >= 0.3 is 0 Å². The van der Waals surface area contributed by atoms with Crippen LogP contribution in [0, 0.1) is 0 Å². The van der Waals surface area contributed by atoms with Crippen molar-refractivity contribution < 1.29 is 9.47 Å². The first-order chi connectivity index (χ1) is 8.15. The highest BCUT2D eigenvalue weighted by atomic mass is 79.9. The fraction of sp³-hybridized carbons (Fsp3) is 0.500. The van der Waals surface area contributed by atoms with Gasteiger partial charge in [-0.2, -0.15) is 0 Å². The van der Waals surface area contributed by atoms with E-state index in [1.165, 1.54) is 0 Å². The molecule has 0 bridgehead atoms. The summed E-state index contributed by atoms with van der Waals surface area (Å²) in [4.78, 5) is 0. The number of hydrogen-bond donors (Lipinski definition) is 1. The summed E-state index contributed by atoms with van der Waals surface area (Å²) < 4.78 is 12.2. The lowest BCUT2D eigenvalue weighted by Gasteiger charge is -2.43. The van der Waals surface area contributed by atoms with Crippen LogP contribution in [0.2, 0.25) is 5.02 Å². The van der Waals surface area contributed by atoms with E-state index in [1.807, 2.05) is 25.2 Å². The summed E-state index contributed by atoms with van der Waals surface area (Å²) in [5.74, 6) is 0.802. The summed E-state index contributed by atoms with van der Waals surface area (Å²) in [5, 5.41) is 3.89. The number of methoxy groups -OCH3 is 1. The van der Waals surface area contributed by atoms with Crippen LogP contribution in [0.5, 0.6) is 5.75 Å². The van der Waals surface area contributed by atoms with Gasteiger partial charge in [-0.3, -0.25) is 0 Å². The topological polar surface area (TPSA) is 30.5 Å². The summed E-state index contributed by atoms with van der Waals surface area (Å²) in [6.07, 6.45) is 1.14. The Labute approximate surface area is 115 Å². The highest BCUT2D eigenvalue weighted by Gasteiger charge is 2.42. The van der Waals surface area contributed by atoms with Crippen molar-refractivity contribution in [2.75, 3.05) is 14.2 Å². The maximum absolute atomic E-state index is 5.90. The second-order valence-electron chi connectivity index (χ2n) is 4.06. The van der Waals surface area contributed by atoms with E-state index in [2.05, 4.69) is 21.2 Å². The minimum absolute atomic E-state index is 0.0925. The molecule has 0 heterocycles. The van der Waals surface area contributed by atoms with E-state index in [-0.39, 0.29) is 12.2 Å². The fourth-order valence-electron chi connectivity index (χ4n) is 2.03. The molecule has 1 N–H and O–H groups in total. The van der Waals surface area contributed by atoms with Crippen LogP contribution in [0.25, 0.3) is 0 Å². The fourth-order valence-corrected chi connectivity index (χ4v) is 2.81. The molecular formula is C12H15BrClNO2. The zero-order valence-corrected chi connectivity index (χ0v) is 12.1. The molecule has 3 unspecified atom stereocenters. The molecule has 0 aliphatic heterocycles. The van der Waals surface area contributed by atoms with E-state index in [1.54, 1.807) is 7.11 Å². The monoisotopic (exact) mass is 319 g/mol. The molecule has 1 saturated carbocycles. The normalized spacial score (nSPS) is 27.6. The molecule has 5 heteroatoms. The first kappa shape index (κ1) is 13.1. The molecule has 1 aromatic rings. The van der Waals surface area contributed by atoms with E-state index < -0.39 is 0 Å². The van der Waals surface area contributed by atoms with E-state index >= 15 is 0 Å². The molecule has 0 spiro atoms. The number of likely N-dealkylation sites (N-methyl/N-ethyl adjacent to an activating group) is 1. The molecule has 2 rings (SSSR count). The number of halogens is 2. The van der Waals surface area contributed by atoms with Gasteiger partial charge in [0.25, 0.3) is 0 Å². The minimum Gasteiger partial charge on any atom is -0.486 e. The smallest absolute Gasteiger partial charge is 0.134 e. The van der Waals surface area contributed by atoms with Gasteiger partial charge < -0.3 is 14.8 Å². The van der Waals surface area contributed by atoms with E-state index in [9.17, 15) is 0 Å². The molecule has 1 aliphatic rings. The van der Waals surface area contributed by atoms with E-state index in [4.69, 9.17) is 21.1 Å². The number of benzene rings is 1.